The fraction of sp³-hybridized carbons (Fsp3) is 0.600. The van der Waals surface area contributed by atoms with Gasteiger partial charge in [-0.25, -0.2) is 0 Å². The van der Waals surface area contributed by atoms with Crippen LogP contribution in [0.5, 0.6) is 0 Å². The number of likely N-dealkylation sites (tertiary alicyclic amines) is 1. The molecule has 25 heavy (non-hydrogen) atoms. The second-order valence-corrected chi connectivity index (χ2v) is 6.95. The average molecular weight is 345 g/mol. The average Bonchev–Trinajstić information content (AvgIpc) is 3.03. The van der Waals surface area contributed by atoms with E-state index in [9.17, 15) is 4.79 Å². The van der Waals surface area contributed by atoms with Crippen LogP contribution in [0.25, 0.3) is 0 Å². The van der Waals surface area contributed by atoms with Gasteiger partial charge in [0, 0.05) is 39.1 Å². The molecule has 5 heteroatoms. The zero-order valence-corrected chi connectivity index (χ0v) is 16.3. The Labute approximate surface area is 151 Å². The van der Waals surface area contributed by atoms with Crippen LogP contribution in [0.3, 0.4) is 0 Å². The van der Waals surface area contributed by atoms with Gasteiger partial charge in [0.2, 0.25) is 5.91 Å². The zero-order chi connectivity index (χ0) is 18.4. The number of rotatable bonds is 5. The molecule has 2 rings (SSSR count). The Balaban J connectivity index is 1.83. The maximum Gasteiger partial charge on any atom is 0.222 e. The molecule has 0 aromatic heterocycles. The number of nitrogens with one attached hydrogen (secondary N) is 2. The summed E-state index contributed by atoms with van der Waals surface area (Å²) in [6.07, 6.45) is 2.53. The van der Waals surface area contributed by atoms with E-state index in [1.165, 1.54) is 22.3 Å². The third-order valence-corrected chi connectivity index (χ3v) is 4.92. The lowest BCUT2D eigenvalue weighted by Gasteiger charge is -2.19. The first-order valence-electron chi connectivity index (χ1n) is 9.26. The van der Waals surface area contributed by atoms with Crippen molar-refractivity contribution in [1.82, 2.24) is 15.5 Å². The van der Waals surface area contributed by atoms with E-state index in [0.29, 0.717) is 6.42 Å². The van der Waals surface area contributed by atoms with Gasteiger partial charge in [-0.2, -0.15) is 0 Å². The molecule has 1 atom stereocenters. The smallest absolute Gasteiger partial charge is 0.222 e. The molecule has 0 radical (unpaired) electrons. The Bertz CT molecular complexity index is 616. The van der Waals surface area contributed by atoms with E-state index in [0.717, 1.165) is 38.4 Å². The van der Waals surface area contributed by atoms with Crippen LogP contribution in [0.2, 0.25) is 0 Å². The lowest BCUT2D eigenvalue weighted by atomic mass is 9.97. The normalized spacial score (nSPS) is 17.7. The molecule has 1 aromatic carbocycles. The van der Waals surface area contributed by atoms with Gasteiger partial charge in [-0.3, -0.25) is 9.79 Å². The van der Waals surface area contributed by atoms with Crippen LogP contribution in [-0.2, 0) is 11.2 Å². The minimum atomic E-state index is 0.234. The van der Waals surface area contributed by atoms with Crippen LogP contribution in [0.1, 0.15) is 42.0 Å². The predicted molar refractivity (Wildman–Crippen MR) is 104 cm³/mol. The number of carbonyl (C=O) groups excluding carboxylic acids is 1. The maximum atomic E-state index is 11.8. The van der Waals surface area contributed by atoms with Crippen LogP contribution in [-0.4, -0.2) is 49.5 Å². The molecule has 1 aliphatic heterocycles. The lowest BCUT2D eigenvalue weighted by Crippen LogP contribution is -2.45. The molecule has 138 valence electrons. The van der Waals surface area contributed by atoms with E-state index in [2.05, 4.69) is 48.5 Å². The highest BCUT2D eigenvalue weighted by Crippen LogP contribution is 2.16. The SMILES string of the molecule is CCC(=O)N1CCC(NC(=NC)NCCc2c(C)cc(C)cc2C)C1. The minimum Gasteiger partial charge on any atom is -0.356 e. The van der Waals surface area contributed by atoms with Crippen LogP contribution in [0.4, 0.5) is 0 Å². The second kappa shape index (κ2) is 8.88. The molecule has 0 spiro atoms. The van der Waals surface area contributed by atoms with Gasteiger partial charge in [0.25, 0.3) is 0 Å². The molecule has 2 N–H and O–H groups in total. The Kier molecular flexibility index (Phi) is 6.85. The molecule has 5 nitrogen and oxygen atoms in total. The zero-order valence-electron chi connectivity index (χ0n) is 16.3. The van der Waals surface area contributed by atoms with Gasteiger partial charge < -0.3 is 15.5 Å². The number of benzene rings is 1. The molecule has 0 bridgehead atoms. The van der Waals surface area contributed by atoms with Crippen LogP contribution < -0.4 is 10.6 Å². The molecular formula is C20H32N4O. The summed E-state index contributed by atoms with van der Waals surface area (Å²) >= 11 is 0. The number of guanidine groups is 1. The number of amides is 1. The Morgan fingerprint density at radius 1 is 1.28 bits per heavy atom. The Morgan fingerprint density at radius 2 is 1.96 bits per heavy atom. The van der Waals surface area contributed by atoms with E-state index in [4.69, 9.17) is 0 Å². The molecule has 0 aliphatic carbocycles. The van der Waals surface area contributed by atoms with Crippen molar-refractivity contribution < 1.29 is 4.79 Å². The summed E-state index contributed by atoms with van der Waals surface area (Å²) in [5.74, 6) is 1.05. The number of carbonyl (C=O) groups is 1. The quantitative estimate of drug-likeness (QED) is 0.637. The minimum absolute atomic E-state index is 0.234. The molecule has 0 saturated carbocycles. The number of aryl methyl sites for hydroxylation is 3. The monoisotopic (exact) mass is 344 g/mol. The van der Waals surface area contributed by atoms with Crippen molar-refractivity contribution in [3.8, 4) is 0 Å². The Hall–Kier alpha value is -2.04. The molecule has 1 aromatic rings. The van der Waals surface area contributed by atoms with E-state index in [1.807, 2.05) is 11.8 Å². The van der Waals surface area contributed by atoms with E-state index in [1.54, 1.807) is 7.05 Å². The number of hydrogen-bond acceptors (Lipinski definition) is 2. The van der Waals surface area contributed by atoms with E-state index in [-0.39, 0.29) is 11.9 Å². The summed E-state index contributed by atoms with van der Waals surface area (Å²) in [5, 5.41) is 6.85. The fourth-order valence-electron chi connectivity index (χ4n) is 3.63. The number of hydrogen-bond donors (Lipinski definition) is 2. The van der Waals surface area contributed by atoms with Crippen molar-refractivity contribution >= 4 is 11.9 Å². The largest absolute Gasteiger partial charge is 0.356 e. The highest BCUT2D eigenvalue weighted by atomic mass is 16.2. The first-order valence-corrected chi connectivity index (χ1v) is 9.26. The third kappa shape index (κ3) is 5.21. The summed E-state index contributed by atoms with van der Waals surface area (Å²) in [4.78, 5) is 18.0. The van der Waals surface area contributed by atoms with Crippen molar-refractivity contribution in [3.05, 3.63) is 34.4 Å². The van der Waals surface area contributed by atoms with Crippen LogP contribution in [0.15, 0.2) is 17.1 Å². The van der Waals surface area contributed by atoms with Gasteiger partial charge in [-0.1, -0.05) is 24.6 Å². The standard InChI is InChI=1S/C20H32N4O/c1-6-19(25)24-10-8-17(13-24)23-20(21-5)22-9-7-18-15(3)11-14(2)12-16(18)4/h11-12,17H,6-10,13H2,1-5H3,(H2,21,22,23). The summed E-state index contributed by atoms with van der Waals surface area (Å²) in [6.45, 7) is 10.9. The fourth-order valence-corrected chi connectivity index (χ4v) is 3.63. The van der Waals surface area contributed by atoms with Crippen molar-refractivity contribution in [1.29, 1.82) is 0 Å². The lowest BCUT2D eigenvalue weighted by molar-refractivity contribution is -0.129. The first-order chi connectivity index (χ1) is 11.9. The molecule has 1 heterocycles. The molecule has 1 fully saturated rings. The van der Waals surface area contributed by atoms with Crippen molar-refractivity contribution in [2.45, 2.75) is 53.0 Å². The van der Waals surface area contributed by atoms with Crippen molar-refractivity contribution in [2.75, 3.05) is 26.7 Å². The van der Waals surface area contributed by atoms with Gasteiger partial charge in [-0.05, 0) is 50.3 Å². The van der Waals surface area contributed by atoms with Crippen molar-refractivity contribution in [2.24, 2.45) is 4.99 Å². The first kappa shape index (κ1) is 19.3. The molecular weight excluding hydrogens is 312 g/mol. The summed E-state index contributed by atoms with van der Waals surface area (Å²) in [7, 11) is 1.79. The topological polar surface area (TPSA) is 56.7 Å². The third-order valence-electron chi connectivity index (χ3n) is 4.92. The summed E-state index contributed by atoms with van der Waals surface area (Å²) in [5.41, 5.74) is 5.43. The van der Waals surface area contributed by atoms with E-state index < -0.39 is 0 Å². The second-order valence-electron chi connectivity index (χ2n) is 6.95. The van der Waals surface area contributed by atoms with Crippen molar-refractivity contribution in [3.63, 3.8) is 0 Å². The van der Waals surface area contributed by atoms with Gasteiger partial charge in [0.1, 0.15) is 0 Å². The van der Waals surface area contributed by atoms with E-state index >= 15 is 0 Å². The molecule has 1 aliphatic rings. The van der Waals surface area contributed by atoms with Gasteiger partial charge in [0.15, 0.2) is 5.96 Å². The highest BCUT2D eigenvalue weighted by Gasteiger charge is 2.25. The summed E-state index contributed by atoms with van der Waals surface area (Å²) < 4.78 is 0. The molecule has 1 unspecified atom stereocenters. The van der Waals surface area contributed by atoms with Gasteiger partial charge in [-0.15, -0.1) is 0 Å². The predicted octanol–water partition coefficient (Wildman–Crippen LogP) is 2.33. The van der Waals surface area contributed by atoms with Gasteiger partial charge in [0.05, 0.1) is 0 Å². The molecule has 1 saturated heterocycles. The molecule has 1 amide bonds. The summed E-state index contributed by atoms with van der Waals surface area (Å²) in [6, 6.07) is 4.77. The van der Waals surface area contributed by atoms with Gasteiger partial charge >= 0.3 is 0 Å². The Morgan fingerprint density at radius 3 is 2.56 bits per heavy atom. The van der Waals surface area contributed by atoms with Crippen LogP contribution in [0, 0.1) is 20.8 Å². The maximum absolute atomic E-state index is 11.8. The van der Waals surface area contributed by atoms with Crippen LogP contribution >= 0.6 is 0 Å². The number of nitrogens with zero attached hydrogens (tertiary/aromatic N) is 2. The highest BCUT2D eigenvalue weighted by molar-refractivity contribution is 5.80. The number of aliphatic imine (C=N–C) groups is 1.